The molecule has 0 bridgehead atoms. The minimum atomic E-state index is -1.12. The lowest BCUT2D eigenvalue weighted by Crippen LogP contribution is -2.34. The van der Waals surface area contributed by atoms with Crippen LogP contribution in [0, 0.1) is 0 Å². The molecule has 0 aliphatic rings. The molecular formula is C28H27N5O4. The second-order valence-corrected chi connectivity index (χ2v) is 8.82. The first kappa shape index (κ1) is 25.1. The minimum Gasteiger partial charge on any atom is -0.506 e. The molecular weight excluding hydrogens is 470 g/mol. The fourth-order valence-corrected chi connectivity index (χ4v) is 3.74. The number of anilines is 4. The van der Waals surface area contributed by atoms with Gasteiger partial charge in [0.25, 0.3) is 11.8 Å². The zero-order valence-electron chi connectivity index (χ0n) is 20.0. The van der Waals surface area contributed by atoms with E-state index in [0.29, 0.717) is 33.6 Å². The molecule has 0 aliphatic heterocycles. The van der Waals surface area contributed by atoms with E-state index in [1.54, 1.807) is 79.7 Å². The van der Waals surface area contributed by atoms with Crippen LogP contribution in [0.1, 0.15) is 38.8 Å². The highest BCUT2D eigenvalue weighted by Crippen LogP contribution is 2.36. The topological polar surface area (TPSA) is 177 Å². The fraction of sp³-hybridized carbons (Fsp3) is 0.0714. The second kappa shape index (κ2) is 9.92. The van der Waals surface area contributed by atoms with Crippen molar-refractivity contribution in [3.05, 3.63) is 107 Å². The normalized spacial score (nSPS) is 11.1. The van der Waals surface area contributed by atoms with Crippen LogP contribution >= 0.6 is 0 Å². The summed E-state index contributed by atoms with van der Waals surface area (Å²) in [5, 5.41) is 26.1. The predicted molar refractivity (Wildman–Crippen MR) is 144 cm³/mol. The third-order valence-corrected chi connectivity index (χ3v) is 6.03. The number of phenolic OH excluding ortho intramolecular Hbond substituents is 2. The van der Waals surface area contributed by atoms with E-state index in [1.807, 2.05) is 0 Å². The molecule has 188 valence electrons. The van der Waals surface area contributed by atoms with Crippen LogP contribution in [0.2, 0.25) is 0 Å². The van der Waals surface area contributed by atoms with Gasteiger partial charge in [0.05, 0.1) is 16.9 Å². The number of nitrogens with one attached hydrogen (secondary N) is 2. The number of carbonyl (C=O) groups is 2. The number of amides is 2. The number of hydrogen-bond donors (Lipinski definition) is 7. The minimum absolute atomic E-state index is 0.134. The van der Waals surface area contributed by atoms with Gasteiger partial charge in [0.2, 0.25) is 0 Å². The van der Waals surface area contributed by atoms with Crippen molar-refractivity contribution in [1.82, 2.24) is 0 Å². The van der Waals surface area contributed by atoms with Crippen molar-refractivity contribution < 1.29 is 19.8 Å². The molecule has 37 heavy (non-hydrogen) atoms. The maximum absolute atomic E-state index is 12.7. The van der Waals surface area contributed by atoms with Gasteiger partial charge in [-0.1, -0.05) is 12.1 Å². The summed E-state index contributed by atoms with van der Waals surface area (Å²) in [6, 6.07) is 22.0. The summed E-state index contributed by atoms with van der Waals surface area (Å²) in [6.45, 7) is 1.74. The van der Waals surface area contributed by atoms with E-state index < -0.39 is 17.4 Å². The van der Waals surface area contributed by atoms with Gasteiger partial charge in [-0.3, -0.25) is 9.59 Å². The van der Waals surface area contributed by atoms with E-state index in [2.05, 4.69) is 10.6 Å². The number of carbonyl (C=O) groups excluding carboxylic acids is 2. The number of phenols is 2. The molecule has 0 fully saturated rings. The first-order valence-corrected chi connectivity index (χ1v) is 11.3. The molecule has 0 radical (unpaired) electrons. The number of hydrogen-bond acceptors (Lipinski definition) is 7. The van der Waals surface area contributed by atoms with Crippen molar-refractivity contribution in [1.29, 1.82) is 0 Å². The van der Waals surface area contributed by atoms with Crippen LogP contribution < -0.4 is 27.8 Å². The van der Waals surface area contributed by atoms with Crippen molar-refractivity contribution in [3.8, 4) is 11.5 Å². The molecule has 4 aromatic carbocycles. The van der Waals surface area contributed by atoms with Gasteiger partial charge in [-0.15, -0.1) is 0 Å². The Labute approximate surface area is 213 Å². The Kier molecular flexibility index (Phi) is 6.73. The van der Waals surface area contributed by atoms with E-state index in [1.165, 1.54) is 12.1 Å². The average Bonchev–Trinajstić information content (AvgIpc) is 2.87. The van der Waals surface area contributed by atoms with Crippen LogP contribution in [0.3, 0.4) is 0 Å². The first-order chi connectivity index (χ1) is 17.5. The summed E-state index contributed by atoms with van der Waals surface area (Å²) < 4.78 is 0. The van der Waals surface area contributed by atoms with E-state index in [-0.39, 0.29) is 22.9 Å². The number of rotatable bonds is 6. The van der Waals surface area contributed by atoms with Gasteiger partial charge < -0.3 is 38.0 Å². The zero-order chi connectivity index (χ0) is 26.7. The monoisotopic (exact) mass is 497 g/mol. The van der Waals surface area contributed by atoms with Crippen LogP contribution in [-0.4, -0.2) is 22.0 Å². The molecule has 10 N–H and O–H groups in total. The summed E-state index contributed by atoms with van der Waals surface area (Å²) in [6.07, 6.45) is 0. The number of aromatic hydroxyl groups is 2. The number of nitrogen functional groups attached to an aromatic ring is 2. The zero-order valence-corrected chi connectivity index (χ0v) is 20.0. The Balaban J connectivity index is 1.60. The van der Waals surface area contributed by atoms with E-state index in [9.17, 15) is 19.8 Å². The molecule has 4 aromatic rings. The molecule has 4 rings (SSSR count). The van der Waals surface area contributed by atoms with E-state index in [0.717, 1.165) is 0 Å². The Morgan fingerprint density at radius 3 is 1.35 bits per heavy atom. The maximum Gasteiger partial charge on any atom is 0.255 e. The summed E-state index contributed by atoms with van der Waals surface area (Å²) in [4.78, 5) is 25.3. The lowest BCUT2D eigenvalue weighted by molar-refractivity contribution is 0.101. The van der Waals surface area contributed by atoms with E-state index >= 15 is 0 Å². The molecule has 0 aliphatic carbocycles. The third-order valence-electron chi connectivity index (χ3n) is 6.03. The number of benzene rings is 4. The highest BCUT2D eigenvalue weighted by Gasteiger charge is 2.26. The third kappa shape index (κ3) is 5.47. The largest absolute Gasteiger partial charge is 0.506 e. The average molecular weight is 498 g/mol. The molecule has 0 heterocycles. The molecule has 9 heteroatoms. The quantitative estimate of drug-likeness (QED) is 0.155. The van der Waals surface area contributed by atoms with E-state index in [4.69, 9.17) is 17.2 Å². The maximum atomic E-state index is 12.7. The van der Waals surface area contributed by atoms with Gasteiger partial charge in [-0.05, 0) is 90.8 Å². The molecule has 0 saturated heterocycles. The van der Waals surface area contributed by atoms with Gasteiger partial charge in [0.15, 0.2) is 0 Å². The summed E-state index contributed by atoms with van der Waals surface area (Å²) in [7, 11) is 0. The van der Waals surface area contributed by atoms with Crippen LogP contribution in [-0.2, 0) is 5.54 Å². The highest BCUT2D eigenvalue weighted by atomic mass is 16.3. The van der Waals surface area contributed by atoms with Crippen molar-refractivity contribution in [2.45, 2.75) is 12.5 Å². The fourth-order valence-electron chi connectivity index (χ4n) is 3.74. The SMILES string of the molecule is CC(N)(c1ccc(O)c(NC(=O)c2ccc(N)cc2)c1)c1ccc(O)c(NC(=O)c2ccc(N)cc2)c1. The lowest BCUT2D eigenvalue weighted by Gasteiger charge is -2.27. The molecule has 0 aromatic heterocycles. The Bertz CT molecular complexity index is 1350. The summed E-state index contributed by atoms with van der Waals surface area (Å²) in [5.74, 6) is -1.12. The van der Waals surface area contributed by atoms with Crippen molar-refractivity contribution in [3.63, 3.8) is 0 Å². The molecule has 0 atom stereocenters. The standard InChI is InChI=1S/C28H27N5O4/c1-28(31,18-6-12-24(34)22(14-18)32-26(36)16-2-8-20(29)9-3-16)19-7-13-25(35)23(15-19)33-27(37)17-4-10-21(30)11-5-17/h2-15,34-35H,29-31H2,1H3,(H,32,36)(H,33,37). The van der Waals surface area contributed by atoms with Crippen molar-refractivity contribution >= 4 is 34.6 Å². The molecule has 0 spiro atoms. The van der Waals surface area contributed by atoms with Crippen LogP contribution in [0.25, 0.3) is 0 Å². The summed E-state index contributed by atoms with van der Waals surface area (Å²) in [5.41, 5.74) is 20.2. The first-order valence-electron chi connectivity index (χ1n) is 11.3. The molecule has 9 nitrogen and oxygen atoms in total. The van der Waals surface area contributed by atoms with Crippen LogP contribution in [0.5, 0.6) is 11.5 Å². The highest BCUT2D eigenvalue weighted by molar-refractivity contribution is 6.06. The number of nitrogens with two attached hydrogens (primary N) is 3. The Morgan fingerprint density at radius 2 is 1.00 bits per heavy atom. The van der Waals surface area contributed by atoms with Crippen molar-refractivity contribution in [2.75, 3.05) is 22.1 Å². The molecule has 0 saturated carbocycles. The van der Waals surface area contributed by atoms with Gasteiger partial charge in [-0.25, -0.2) is 0 Å². The van der Waals surface area contributed by atoms with Gasteiger partial charge >= 0.3 is 0 Å². The van der Waals surface area contributed by atoms with Crippen LogP contribution in [0.4, 0.5) is 22.7 Å². The predicted octanol–water partition coefficient (Wildman–Crippen LogP) is 3.99. The van der Waals surface area contributed by atoms with Crippen molar-refractivity contribution in [2.24, 2.45) is 5.73 Å². The lowest BCUT2D eigenvalue weighted by atomic mass is 9.85. The van der Waals surface area contributed by atoms with Gasteiger partial charge in [0.1, 0.15) is 11.5 Å². The molecule has 0 unspecified atom stereocenters. The Morgan fingerprint density at radius 1 is 0.649 bits per heavy atom. The van der Waals surface area contributed by atoms with Gasteiger partial charge in [-0.2, -0.15) is 0 Å². The van der Waals surface area contributed by atoms with Crippen LogP contribution in [0.15, 0.2) is 84.9 Å². The molecule has 2 amide bonds. The second-order valence-electron chi connectivity index (χ2n) is 8.82. The Hall–Kier alpha value is -5.02. The smallest absolute Gasteiger partial charge is 0.255 e. The summed E-state index contributed by atoms with van der Waals surface area (Å²) >= 11 is 0. The van der Waals surface area contributed by atoms with Gasteiger partial charge in [0, 0.05) is 22.5 Å².